The number of rotatable bonds is 1. The van der Waals surface area contributed by atoms with Crippen LogP contribution in [0.15, 0.2) is 81.6 Å². The summed E-state index contributed by atoms with van der Waals surface area (Å²) >= 11 is 9.75. The number of para-hydroxylation sites is 2. The van der Waals surface area contributed by atoms with E-state index in [2.05, 4.69) is 33.9 Å². The van der Waals surface area contributed by atoms with Gasteiger partial charge in [-0.05, 0) is 91.8 Å². The van der Waals surface area contributed by atoms with Crippen LogP contribution in [-0.2, 0) is 9.16 Å². The third-order valence-corrected chi connectivity index (χ3v) is 11.3. The Morgan fingerprint density at radius 3 is 1.39 bits per heavy atom. The second-order valence-electron chi connectivity index (χ2n) is 9.87. The Kier molecular flexibility index (Phi) is 15.5. The normalized spacial score (nSPS) is 12.5. The van der Waals surface area contributed by atoms with Crippen molar-refractivity contribution < 1.29 is 23.1 Å². The summed E-state index contributed by atoms with van der Waals surface area (Å²) in [6.45, 7) is 13.2. The van der Waals surface area contributed by atoms with E-state index in [1.165, 1.54) is 12.8 Å². The molecule has 8 heteroatoms. The minimum absolute atomic E-state index is 0.363. The summed E-state index contributed by atoms with van der Waals surface area (Å²) in [5, 5.41) is 9.53. The average molecular weight is 575 g/mol. The van der Waals surface area contributed by atoms with Crippen molar-refractivity contribution in [1.29, 1.82) is 0 Å². The zero-order valence-electron chi connectivity index (χ0n) is 23.7. The molecule has 4 aromatic rings. The fourth-order valence-electron chi connectivity index (χ4n) is 2.84. The fourth-order valence-corrected chi connectivity index (χ4v) is 3.77. The predicted molar refractivity (Wildman–Crippen MR) is 166 cm³/mol. The molecule has 38 heavy (non-hydrogen) atoms. The number of hydrogen-bond acceptors (Lipinski definition) is 7. The van der Waals surface area contributed by atoms with Crippen LogP contribution in [0.2, 0.25) is 18.1 Å². The maximum atomic E-state index is 7.00. The second kappa shape index (κ2) is 17.4. The molecule has 0 saturated carbocycles. The van der Waals surface area contributed by atoms with Crippen molar-refractivity contribution in [1.82, 2.24) is 0 Å². The molecule has 5 rings (SSSR count). The van der Waals surface area contributed by atoms with Crippen molar-refractivity contribution in [2.75, 3.05) is 27.4 Å². The quantitative estimate of drug-likeness (QED) is 0.179. The highest BCUT2D eigenvalue weighted by atomic mass is 32.1. The molecule has 3 heterocycles. The van der Waals surface area contributed by atoms with Gasteiger partial charge in [0.15, 0.2) is 17.7 Å². The van der Waals surface area contributed by atoms with Gasteiger partial charge in [0.25, 0.3) is 0 Å². The molecule has 1 fully saturated rings. The van der Waals surface area contributed by atoms with E-state index in [0.29, 0.717) is 14.5 Å². The van der Waals surface area contributed by atoms with Gasteiger partial charge in [0.05, 0.1) is 0 Å². The molecule has 1 aliphatic heterocycles. The lowest BCUT2D eigenvalue weighted by molar-refractivity contribution is 0.198. The highest BCUT2D eigenvalue weighted by molar-refractivity contribution is 7.71. The minimum atomic E-state index is -1.38. The van der Waals surface area contributed by atoms with Gasteiger partial charge in [0.1, 0.15) is 11.2 Å². The molecule has 0 unspecified atom stereocenters. The molecule has 0 aliphatic carbocycles. The molecular weight excluding hydrogens is 533 g/mol. The summed E-state index contributed by atoms with van der Waals surface area (Å²) in [5.41, 5.74) is 1.69. The smallest absolute Gasteiger partial charge is 0.191 e. The lowest BCUT2D eigenvalue weighted by Crippen LogP contribution is -2.39. The second-order valence-corrected chi connectivity index (χ2v) is 15.6. The first-order chi connectivity index (χ1) is 18.0. The lowest BCUT2D eigenvalue weighted by Gasteiger charge is -2.34. The van der Waals surface area contributed by atoms with E-state index in [4.69, 9.17) is 47.5 Å². The topological polar surface area (TPSA) is 65.0 Å². The third-order valence-electron chi connectivity index (χ3n) is 6.20. The van der Waals surface area contributed by atoms with E-state index < -0.39 is 8.32 Å². The van der Waals surface area contributed by atoms with Crippen molar-refractivity contribution in [3.63, 3.8) is 0 Å². The number of aliphatic hydroxyl groups is 1. The summed E-state index contributed by atoms with van der Waals surface area (Å²) in [7, 11) is 1.44. The van der Waals surface area contributed by atoms with Crippen LogP contribution in [0.1, 0.15) is 33.6 Å². The summed E-state index contributed by atoms with van der Waals surface area (Å²) in [6, 6.07) is 23.1. The van der Waals surface area contributed by atoms with E-state index in [1.54, 1.807) is 12.1 Å². The van der Waals surface area contributed by atoms with Crippen LogP contribution in [-0.4, -0.2) is 40.9 Å². The van der Waals surface area contributed by atoms with E-state index in [9.17, 15) is 0 Å². The molecule has 208 valence electrons. The Labute approximate surface area is 238 Å². The summed E-state index contributed by atoms with van der Waals surface area (Å²) in [5.74, 6) is 0. The Hall–Kier alpha value is -2.20. The van der Waals surface area contributed by atoms with Gasteiger partial charge in [0.2, 0.25) is 0 Å². The number of benzene rings is 2. The average Bonchev–Trinajstić information content (AvgIpc) is 3.50. The number of hydrogen-bond donors (Lipinski definition) is 1. The van der Waals surface area contributed by atoms with Crippen LogP contribution < -0.4 is 0 Å². The van der Waals surface area contributed by atoms with E-state index >= 15 is 0 Å². The van der Waals surface area contributed by atoms with Crippen LogP contribution in [0.3, 0.4) is 0 Å². The summed E-state index contributed by atoms with van der Waals surface area (Å²) < 4.78 is 22.0. The van der Waals surface area contributed by atoms with E-state index in [0.717, 1.165) is 42.3 Å². The molecule has 1 aliphatic rings. The maximum Gasteiger partial charge on any atom is 0.191 e. The first kappa shape index (κ1) is 33.8. The van der Waals surface area contributed by atoms with Gasteiger partial charge in [-0.3, -0.25) is 0 Å². The highest BCUT2D eigenvalue weighted by Gasteiger charge is 2.35. The standard InChI is InChI=1S/2C9H6OS.C7H18OSi.C4H8O.CH4O/c2*11-9-6-5-7-3-1-2-4-8(7)10-9;1-7(2,3)9(5,6)8-4;1-2-4-5-3-1;1-2/h2*1-6H;1-6H3;1-4H2;2H,1H3. The molecule has 5 nitrogen and oxygen atoms in total. The molecular formula is C30H42O5S2Si. The lowest BCUT2D eigenvalue weighted by atomic mass is 10.2. The van der Waals surface area contributed by atoms with Crippen LogP contribution in [0, 0.1) is 9.41 Å². The van der Waals surface area contributed by atoms with Crippen LogP contribution in [0.25, 0.3) is 21.9 Å². The Bertz CT molecular complexity index is 1230. The molecule has 0 amide bonds. The number of ether oxygens (including phenoxy) is 1. The molecule has 2 aromatic carbocycles. The zero-order chi connectivity index (χ0) is 28.6. The first-order valence-corrected chi connectivity index (χ1v) is 16.3. The van der Waals surface area contributed by atoms with Crippen molar-refractivity contribution in [2.45, 2.75) is 51.7 Å². The van der Waals surface area contributed by atoms with Gasteiger partial charge < -0.3 is 23.1 Å². The Morgan fingerprint density at radius 1 is 0.711 bits per heavy atom. The van der Waals surface area contributed by atoms with E-state index in [1.807, 2.05) is 67.8 Å². The van der Waals surface area contributed by atoms with Gasteiger partial charge in [-0.2, -0.15) is 0 Å². The first-order valence-electron chi connectivity index (χ1n) is 12.6. The number of fused-ring (bicyclic) bond motifs is 2. The van der Waals surface area contributed by atoms with Crippen molar-refractivity contribution >= 4 is 54.7 Å². The van der Waals surface area contributed by atoms with Crippen molar-refractivity contribution in [2.24, 2.45) is 0 Å². The molecule has 1 N–H and O–H groups in total. The molecule has 1 saturated heterocycles. The molecule has 0 bridgehead atoms. The summed E-state index contributed by atoms with van der Waals surface area (Å²) in [4.78, 5) is 0. The van der Waals surface area contributed by atoms with Crippen LogP contribution in [0.5, 0.6) is 0 Å². The molecule has 0 atom stereocenters. The highest BCUT2D eigenvalue weighted by Crippen LogP contribution is 2.35. The van der Waals surface area contributed by atoms with Gasteiger partial charge in [-0.1, -0.05) is 57.2 Å². The molecule has 0 radical (unpaired) electrons. The zero-order valence-corrected chi connectivity index (χ0v) is 26.3. The maximum absolute atomic E-state index is 7.00. The third kappa shape index (κ3) is 12.1. The molecule has 0 spiro atoms. The largest absolute Gasteiger partial charge is 0.445 e. The Balaban J connectivity index is 0.000000255. The van der Waals surface area contributed by atoms with E-state index in [-0.39, 0.29) is 0 Å². The molecule has 2 aromatic heterocycles. The van der Waals surface area contributed by atoms with Crippen LogP contribution in [0.4, 0.5) is 0 Å². The van der Waals surface area contributed by atoms with Gasteiger partial charge in [-0.25, -0.2) is 0 Å². The summed E-state index contributed by atoms with van der Waals surface area (Å²) in [6.07, 6.45) is 2.56. The SMILES string of the molecule is C1CCOC1.CO.CO[Si](C)(C)C(C)(C)C.S=c1ccc2ccccc2o1.S=c1ccc2ccccc2o1. The van der Waals surface area contributed by atoms with Crippen LogP contribution >= 0.6 is 24.4 Å². The predicted octanol–water partition coefficient (Wildman–Crippen LogP) is 9.37. The van der Waals surface area contributed by atoms with Gasteiger partial charge >= 0.3 is 0 Å². The van der Waals surface area contributed by atoms with Gasteiger partial charge in [0, 0.05) is 38.2 Å². The fraction of sp³-hybridized carbons (Fsp3) is 0.400. The number of aliphatic hydroxyl groups excluding tert-OH is 1. The van der Waals surface area contributed by atoms with Gasteiger partial charge in [-0.15, -0.1) is 0 Å². The Morgan fingerprint density at radius 2 is 1.11 bits per heavy atom. The van der Waals surface area contributed by atoms with Crippen molar-refractivity contribution in [3.8, 4) is 0 Å². The van der Waals surface area contributed by atoms with Crippen molar-refractivity contribution in [3.05, 3.63) is 82.2 Å². The monoisotopic (exact) mass is 574 g/mol. The minimum Gasteiger partial charge on any atom is -0.445 e.